The zero-order valence-corrected chi connectivity index (χ0v) is 13.0. The maximum atomic E-state index is 12.3. The van der Waals surface area contributed by atoms with Gasteiger partial charge in [0, 0.05) is 30.9 Å². The van der Waals surface area contributed by atoms with Gasteiger partial charge in [0.15, 0.2) is 4.34 Å². The van der Waals surface area contributed by atoms with E-state index in [1.807, 2.05) is 11.0 Å². The molecule has 1 fully saturated rings. The van der Waals surface area contributed by atoms with E-state index in [1.54, 1.807) is 6.20 Å². The van der Waals surface area contributed by atoms with E-state index in [1.165, 1.54) is 23.1 Å². The Bertz CT molecular complexity index is 599. The topological polar surface area (TPSA) is 101 Å². The van der Waals surface area contributed by atoms with Crippen LogP contribution in [0, 0.1) is 0 Å². The summed E-state index contributed by atoms with van der Waals surface area (Å²) in [6.07, 6.45) is 3.86. The van der Waals surface area contributed by atoms with Crippen molar-refractivity contribution in [2.45, 2.75) is 23.1 Å². The van der Waals surface area contributed by atoms with Crippen molar-refractivity contribution < 1.29 is 4.79 Å². The number of aromatic amines is 1. The Morgan fingerprint density at radius 1 is 1.57 bits per heavy atom. The molecule has 1 unspecified atom stereocenters. The number of carbonyl (C=O) groups is 1. The lowest BCUT2D eigenvalue weighted by atomic mass is 9.95. The number of thioether (sulfide) groups is 1. The van der Waals surface area contributed by atoms with Crippen molar-refractivity contribution in [1.29, 1.82) is 0 Å². The first kappa shape index (κ1) is 14.3. The van der Waals surface area contributed by atoms with Crippen LogP contribution < -0.4 is 5.73 Å². The van der Waals surface area contributed by atoms with Crippen molar-refractivity contribution in [2.75, 3.05) is 24.6 Å². The average molecular weight is 324 g/mol. The Morgan fingerprint density at radius 2 is 2.48 bits per heavy atom. The summed E-state index contributed by atoms with van der Waals surface area (Å²) in [5.41, 5.74) is 6.64. The van der Waals surface area contributed by atoms with Gasteiger partial charge >= 0.3 is 0 Å². The molecule has 0 aromatic carbocycles. The van der Waals surface area contributed by atoms with E-state index in [0.717, 1.165) is 36.0 Å². The summed E-state index contributed by atoms with van der Waals surface area (Å²) < 4.78 is 0.739. The lowest BCUT2D eigenvalue weighted by molar-refractivity contribution is -0.129. The Balaban J connectivity index is 1.54. The van der Waals surface area contributed by atoms with Crippen LogP contribution in [0.2, 0.25) is 0 Å². The fourth-order valence-electron chi connectivity index (χ4n) is 2.45. The molecule has 3 rings (SSSR count). The fourth-order valence-corrected chi connectivity index (χ4v) is 3.98. The Morgan fingerprint density at radius 3 is 3.19 bits per heavy atom. The van der Waals surface area contributed by atoms with Gasteiger partial charge in [0.1, 0.15) is 0 Å². The minimum Gasteiger partial charge on any atom is -0.374 e. The summed E-state index contributed by atoms with van der Waals surface area (Å²) in [5, 5.41) is 15.1. The van der Waals surface area contributed by atoms with E-state index in [4.69, 9.17) is 5.73 Å². The van der Waals surface area contributed by atoms with E-state index in [-0.39, 0.29) is 5.91 Å². The number of amides is 1. The number of nitrogens with zero attached hydrogens (tertiary/aromatic N) is 4. The lowest BCUT2D eigenvalue weighted by Gasteiger charge is -2.32. The first-order valence-corrected chi connectivity index (χ1v) is 8.51. The molecule has 3 N–H and O–H groups in total. The van der Waals surface area contributed by atoms with Gasteiger partial charge in [-0.2, -0.15) is 5.10 Å². The third-order valence-electron chi connectivity index (χ3n) is 3.48. The van der Waals surface area contributed by atoms with Gasteiger partial charge < -0.3 is 10.6 Å². The van der Waals surface area contributed by atoms with Crippen LogP contribution in [-0.2, 0) is 4.79 Å². The van der Waals surface area contributed by atoms with Gasteiger partial charge in [-0.3, -0.25) is 9.89 Å². The van der Waals surface area contributed by atoms with E-state index in [9.17, 15) is 4.79 Å². The predicted octanol–water partition coefficient (Wildman–Crippen LogP) is 1.34. The first-order valence-electron chi connectivity index (χ1n) is 6.71. The van der Waals surface area contributed by atoms with Crippen LogP contribution in [0.25, 0.3) is 0 Å². The van der Waals surface area contributed by atoms with Crippen molar-refractivity contribution in [3.63, 3.8) is 0 Å². The maximum Gasteiger partial charge on any atom is 0.233 e. The third-order valence-corrected chi connectivity index (χ3v) is 5.35. The molecular weight excluding hydrogens is 308 g/mol. The zero-order valence-electron chi connectivity index (χ0n) is 11.4. The van der Waals surface area contributed by atoms with Crippen LogP contribution in [0.4, 0.5) is 5.13 Å². The summed E-state index contributed by atoms with van der Waals surface area (Å²) in [6, 6.07) is 1.98. The van der Waals surface area contributed by atoms with Gasteiger partial charge in [0.25, 0.3) is 0 Å². The van der Waals surface area contributed by atoms with E-state index in [0.29, 0.717) is 16.8 Å². The number of nitrogens with two attached hydrogens (primary N) is 1. The number of piperidine rings is 1. The first-order chi connectivity index (χ1) is 10.2. The Labute approximate surface area is 130 Å². The number of nitrogens with one attached hydrogen (secondary N) is 1. The Hall–Kier alpha value is -1.61. The molecule has 0 saturated carbocycles. The van der Waals surface area contributed by atoms with Crippen LogP contribution in [0.3, 0.4) is 0 Å². The summed E-state index contributed by atoms with van der Waals surface area (Å²) in [5.74, 6) is 0.870. The highest BCUT2D eigenvalue weighted by Crippen LogP contribution is 2.27. The van der Waals surface area contributed by atoms with E-state index >= 15 is 0 Å². The molecular formula is C12H16N6OS2. The number of hydrogen-bond donors (Lipinski definition) is 2. The molecule has 21 heavy (non-hydrogen) atoms. The van der Waals surface area contributed by atoms with Crippen LogP contribution in [-0.4, -0.2) is 50.0 Å². The largest absolute Gasteiger partial charge is 0.374 e. The van der Waals surface area contributed by atoms with Gasteiger partial charge in [-0.05, 0) is 18.9 Å². The van der Waals surface area contributed by atoms with Crippen molar-refractivity contribution in [3.05, 3.63) is 18.0 Å². The van der Waals surface area contributed by atoms with Gasteiger partial charge in [0.05, 0.1) is 5.75 Å². The molecule has 9 heteroatoms. The highest BCUT2D eigenvalue weighted by atomic mass is 32.2. The number of hydrogen-bond acceptors (Lipinski definition) is 7. The van der Waals surface area contributed by atoms with E-state index < -0.39 is 0 Å². The quantitative estimate of drug-likeness (QED) is 0.823. The highest BCUT2D eigenvalue weighted by molar-refractivity contribution is 8.01. The molecule has 112 valence electrons. The standard InChI is InChI=1S/C12H16N6OS2/c13-11-16-17-12(21-11)20-7-10(19)18-5-1-2-8(6-18)9-3-4-14-15-9/h3-4,8H,1-2,5-7H2,(H2,13,16)(H,14,15). The smallest absolute Gasteiger partial charge is 0.233 e. The molecule has 0 radical (unpaired) electrons. The summed E-state index contributed by atoms with van der Waals surface area (Å²) in [4.78, 5) is 14.2. The van der Waals surface area contributed by atoms with Gasteiger partial charge in [-0.15, -0.1) is 10.2 Å². The molecule has 2 aromatic rings. The average Bonchev–Trinajstić information content (AvgIpc) is 3.16. The number of likely N-dealkylation sites (tertiary alicyclic amines) is 1. The second-order valence-corrected chi connectivity index (χ2v) is 7.12. The minimum atomic E-state index is 0.137. The lowest BCUT2D eigenvalue weighted by Crippen LogP contribution is -2.40. The molecule has 1 aliphatic rings. The minimum absolute atomic E-state index is 0.137. The van der Waals surface area contributed by atoms with Crippen LogP contribution in [0.15, 0.2) is 16.6 Å². The van der Waals surface area contributed by atoms with Crippen molar-refractivity contribution >= 4 is 34.1 Å². The highest BCUT2D eigenvalue weighted by Gasteiger charge is 2.25. The van der Waals surface area contributed by atoms with Crippen LogP contribution in [0.1, 0.15) is 24.5 Å². The van der Waals surface area contributed by atoms with Crippen molar-refractivity contribution in [3.8, 4) is 0 Å². The number of carbonyl (C=O) groups excluding carboxylic acids is 1. The van der Waals surface area contributed by atoms with Crippen LogP contribution >= 0.6 is 23.1 Å². The number of nitrogen functional groups attached to an aromatic ring is 1. The van der Waals surface area contributed by atoms with Gasteiger partial charge in [-0.25, -0.2) is 0 Å². The number of rotatable bonds is 4. The monoisotopic (exact) mass is 324 g/mol. The molecule has 0 spiro atoms. The molecule has 0 aliphatic carbocycles. The predicted molar refractivity (Wildman–Crippen MR) is 82.2 cm³/mol. The third kappa shape index (κ3) is 3.53. The molecule has 0 bridgehead atoms. The summed E-state index contributed by atoms with van der Waals surface area (Å²) in [6.45, 7) is 1.57. The SMILES string of the molecule is Nc1nnc(SCC(=O)N2CCCC(c3ccn[nH]3)C2)s1. The number of anilines is 1. The van der Waals surface area contributed by atoms with Gasteiger partial charge in [0.2, 0.25) is 11.0 Å². The zero-order chi connectivity index (χ0) is 14.7. The molecule has 7 nitrogen and oxygen atoms in total. The molecule has 1 atom stereocenters. The maximum absolute atomic E-state index is 12.3. The number of H-pyrrole nitrogens is 1. The molecule has 2 aromatic heterocycles. The molecule has 3 heterocycles. The Kier molecular flexibility index (Phi) is 4.39. The summed E-state index contributed by atoms with van der Waals surface area (Å²) >= 11 is 2.70. The molecule has 1 aliphatic heterocycles. The fraction of sp³-hybridized carbons (Fsp3) is 0.500. The molecule has 1 saturated heterocycles. The molecule has 1 amide bonds. The summed E-state index contributed by atoms with van der Waals surface area (Å²) in [7, 11) is 0. The van der Waals surface area contributed by atoms with Gasteiger partial charge in [-0.1, -0.05) is 23.1 Å². The second kappa shape index (κ2) is 6.44. The van der Waals surface area contributed by atoms with E-state index in [2.05, 4.69) is 20.4 Å². The van der Waals surface area contributed by atoms with Crippen molar-refractivity contribution in [2.24, 2.45) is 0 Å². The van der Waals surface area contributed by atoms with Crippen molar-refractivity contribution in [1.82, 2.24) is 25.3 Å². The number of aromatic nitrogens is 4. The van der Waals surface area contributed by atoms with Crippen LogP contribution in [0.5, 0.6) is 0 Å². The second-order valence-electron chi connectivity index (χ2n) is 4.89. The normalized spacial score (nSPS) is 18.9.